The average Bonchev–Trinajstić information content (AvgIpc) is 2.75. The molecule has 0 spiro atoms. The van der Waals surface area contributed by atoms with Gasteiger partial charge in [0.25, 0.3) is 0 Å². The fraction of sp³-hybridized carbons (Fsp3) is 0.208. The number of hydrogen-bond donors (Lipinski definition) is 0. The van der Waals surface area contributed by atoms with E-state index in [9.17, 15) is 4.79 Å². The third-order valence-corrected chi connectivity index (χ3v) is 4.75. The maximum absolute atomic E-state index is 13.1. The van der Waals surface area contributed by atoms with Gasteiger partial charge in [-0.25, -0.2) is 0 Å². The maximum atomic E-state index is 13.1. The van der Waals surface area contributed by atoms with Crippen molar-refractivity contribution in [1.29, 1.82) is 0 Å². The van der Waals surface area contributed by atoms with Crippen molar-refractivity contribution in [2.75, 3.05) is 13.2 Å². The highest BCUT2D eigenvalue weighted by atomic mass is 16.6. The summed E-state index contributed by atoms with van der Waals surface area (Å²) in [6.45, 7) is 2.27. The van der Waals surface area contributed by atoms with Crippen LogP contribution in [0.2, 0.25) is 0 Å². The van der Waals surface area contributed by atoms with Crippen LogP contribution in [0.25, 0.3) is 0 Å². The van der Waals surface area contributed by atoms with Crippen molar-refractivity contribution in [3.8, 4) is 11.5 Å². The SMILES string of the molecule is O=C(Cc1ccc2c(c1)OCCO2)N(Cc1ccccc1)Cc1ccccc1. The normalized spacial score (nSPS) is 12.4. The molecule has 0 saturated carbocycles. The van der Waals surface area contributed by atoms with Crippen LogP contribution in [0.15, 0.2) is 78.9 Å². The molecule has 0 bridgehead atoms. The van der Waals surface area contributed by atoms with Crippen LogP contribution in [-0.4, -0.2) is 24.0 Å². The van der Waals surface area contributed by atoms with Gasteiger partial charge < -0.3 is 14.4 Å². The first-order valence-electron chi connectivity index (χ1n) is 9.52. The van der Waals surface area contributed by atoms with E-state index in [0.29, 0.717) is 38.5 Å². The molecule has 142 valence electrons. The Morgan fingerprint density at radius 3 is 1.89 bits per heavy atom. The van der Waals surface area contributed by atoms with Crippen molar-refractivity contribution >= 4 is 5.91 Å². The molecule has 0 aromatic heterocycles. The maximum Gasteiger partial charge on any atom is 0.227 e. The minimum absolute atomic E-state index is 0.0874. The van der Waals surface area contributed by atoms with E-state index < -0.39 is 0 Å². The zero-order valence-corrected chi connectivity index (χ0v) is 15.7. The van der Waals surface area contributed by atoms with Crippen molar-refractivity contribution < 1.29 is 14.3 Å². The Bertz CT molecular complexity index is 884. The smallest absolute Gasteiger partial charge is 0.227 e. The van der Waals surface area contributed by atoms with Gasteiger partial charge in [-0.2, -0.15) is 0 Å². The first-order valence-corrected chi connectivity index (χ1v) is 9.52. The molecule has 0 unspecified atom stereocenters. The molecular weight excluding hydrogens is 350 g/mol. The van der Waals surface area contributed by atoms with Crippen LogP contribution in [-0.2, 0) is 24.3 Å². The topological polar surface area (TPSA) is 38.8 Å². The molecule has 1 amide bonds. The van der Waals surface area contributed by atoms with Gasteiger partial charge in [0.05, 0.1) is 6.42 Å². The molecule has 4 heteroatoms. The van der Waals surface area contributed by atoms with Crippen molar-refractivity contribution in [2.24, 2.45) is 0 Å². The number of ether oxygens (including phenoxy) is 2. The summed E-state index contributed by atoms with van der Waals surface area (Å²) in [6, 6.07) is 25.9. The second-order valence-electron chi connectivity index (χ2n) is 6.88. The first-order chi connectivity index (χ1) is 13.8. The van der Waals surface area contributed by atoms with E-state index in [1.165, 1.54) is 0 Å². The number of hydrogen-bond acceptors (Lipinski definition) is 3. The number of carbonyl (C=O) groups excluding carboxylic acids is 1. The minimum Gasteiger partial charge on any atom is -0.486 e. The summed E-state index contributed by atoms with van der Waals surface area (Å²) in [4.78, 5) is 15.0. The first kappa shape index (κ1) is 18.1. The second-order valence-corrected chi connectivity index (χ2v) is 6.88. The highest BCUT2D eigenvalue weighted by molar-refractivity contribution is 5.79. The Morgan fingerprint density at radius 2 is 1.29 bits per heavy atom. The van der Waals surface area contributed by atoms with Gasteiger partial charge in [0.15, 0.2) is 11.5 Å². The number of benzene rings is 3. The van der Waals surface area contributed by atoms with Crippen LogP contribution in [0, 0.1) is 0 Å². The van der Waals surface area contributed by atoms with Crippen LogP contribution < -0.4 is 9.47 Å². The lowest BCUT2D eigenvalue weighted by Gasteiger charge is -2.24. The summed E-state index contributed by atoms with van der Waals surface area (Å²) in [5.41, 5.74) is 3.17. The Morgan fingerprint density at radius 1 is 0.714 bits per heavy atom. The van der Waals surface area contributed by atoms with Gasteiger partial charge in [0, 0.05) is 13.1 Å². The summed E-state index contributed by atoms with van der Waals surface area (Å²) < 4.78 is 11.2. The monoisotopic (exact) mass is 373 g/mol. The number of carbonyl (C=O) groups is 1. The quantitative estimate of drug-likeness (QED) is 0.649. The molecule has 3 aromatic carbocycles. The fourth-order valence-corrected chi connectivity index (χ4v) is 3.32. The van der Waals surface area contributed by atoms with Crippen LogP contribution in [0.1, 0.15) is 16.7 Å². The van der Waals surface area contributed by atoms with Crippen molar-refractivity contribution in [3.63, 3.8) is 0 Å². The summed E-state index contributed by atoms with van der Waals surface area (Å²) >= 11 is 0. The lowest BCUT2D eigenvalue weighted by Crippen LogP contribution is -2.31. The molecule has 1 heterocycles. The Hall–Kier alpha value is -3.27. The molecule has 0 aliphatic carbocycles. The van der Waals surface area contributed by atoms with Gasteiger partial charge in [-0.3, -0.25) is 4.79 Å². The number of rotatable bonds is 6. The van der Waals surface area contributed by atoms with Gasteiger partial charge in [-0.15, -0.1) is 0 Å². The largest absolute Gasteiger partial charge is 0.486 e. The van der Waals surface area contributed by atoms with Crippen LogP contribution in [0.5, 0.6) is 11.5 Å². The van der Waals surface area contributed by atoms with E-state index in [1.807, 2.05) is 59.5 Å². The van der Waals surface area contributed by atoms with Gasteiger partial charge in [-0.1, -0.05) is 66.7 Å². The van der Waals surface area contributed by atoms with Crippen LogP contribution >= 0.6 is 0 Å². The summed E-state index contributed by atoms with van der Waals surface area (Å²) in [5.74, 6) is 1.55. The molecule has 1 aliphatic heterocycles. The molecule has 0 radical (unpaired) electrons. The van der Waals surface area contributed by atoms with E-state index >= 15 is 0 Å². The number of amides is 1. The lowest BCUT2D eigenvalue weighted by molar-refractivity contribution is -0.131. The van der Waals surface area contributed by atoms with Crippen LogP contribution in [0.3, 0.4) is 0 Å². The van der Waals surface area contributed by atoms with Crippen molar-refractivity contribution in [1.82, 2.24) is 4.90 Å². The third-order valence-electron chi connectivity index (χ3n) is 4.75. The molecule has 0 N–H and O–H groups in total. The molecule has 3 aromatic rings. The third kappa shape index (κ3) is 4.52. The number of fused-ring (bicyclic) bond motifs is 1. The zero-order valence-electron chi connectivity index (χ0n) is 15.7. The van der Waals surface area contributed by atoms with Crippen LogP contribution in [0.4, 0.5) is 0 Å². The standard InChI is InChI=1S/C24H23NO3/c26-24(16-21-11-12-22-23(15-21)28-14-13-27-22)25(17-19-7-3-1-4-8-19)18-20-9-5-2-6-10-20/h1-12,15H,13-14,16-18H2. The van der Waals surface area contributed by atoms with Gasteiger partial charge in [0.1, 0.15) is 13.2 Å². The summed E-state index contributed by atoms with van der Waals surface area (Å²) in [5, 5.41) is 0. The Balaban J connectivity index is 1.52. The highest BCUT2D eigenvalue weighted by Crippen LogP contribution is 2.31. The second kappa shape index (κ2) is 8.61. The van der Waals surface area contributed by atoms with Gasteiger partial charge in [0.2, 0.25) is 5.91 Å². The average molecular weight is 373 g/mol. The van der Waals surface area contributed by atoms with E-state index in [1.54, 1.807) is 0 Å². The van der Waals surface area contributed by atoms with Crippen molar-refractivity contribution in [3.05, 3.63) is 95.6 Å². The molecule has 0 atom stereocenters. The minimum atomic E-state index is 0.0874. The number of nitrogens with zero attached hydrogens (tertiary/aromatic N) is 1. The Labute approximate surface area is 165 Å². The van der Waals surface area contributed by atoms with Gasteiger partial charge >= 0.3 is 0 Å². The lowest BCUT2D eigenvalue weighted by atomic mass is 10.1. The van der Waals surface area contributed by atoms with Crippen molar-refractivity contribution in [2.45, 2.75) is 19.5 Å². The highest BCUT2D eigenvalue weighted by Gasteiger charge is 2.18. The molecule has 4 nitrogen and oxygen atoms in total. The predicted molar refractivity (Wildman–Crippen MR) is 108 cm³/mol. The van der Waals surface area contributed by atoms with E-state index in [4.69, 9.17) is 9.47 Å². The summed E-state index contributed by atoms with van der Waals surface area (Å²) in [7, 11) is 0. The van der Waals surface area contributed by atoms with E-state index in [-0.39, 0.29) is 5.91 Å². The fourth-order valence-electron chi connectivity index (χ4n) is 3.32. The molecule has 4 rings (SSSR count). The van der Waals surface area contributed by atoms with E-state index in [0.717, 1.165) is 22.4 Å². The summed E-state index contributed by atoms with van der Waals surface area (Å²) in [6.07, 6.45) is 0.330. The zero-order chi connectivity index (χ0) is 19.2. The molecule has 0 fully saturated rings. The molecular formula is C24H23NO3. The molecule has 1 aliphatic rings. The predicted octanol–water partition coefficient (Wildman–Crippen LogP) is 4.23. The van der Waals surface area contributed by atoms with E-state index in [2.05, 4.69) is 24.3 Å². The van der Waals surface area contributed by atoms with Gasteiger partial charge in [-0.05, 0) is 28.8 Å². The molecule has 28 heavy (non-hydrogen) atoms. The molecule has 0 saturated heterocycles. The Kier molecular flexibility index (Phi) is 5.57.